The van der Waals surface area contributed by atoms with Crippen molar-refractivity contribution in [2.45, 2.75) is 79.6 Å². The molecule has 2 aromatic carbocycles. The largest absolute Gasteiger partial charge is 0.412 e. The maximum Gasteiger partial charge on any atom is 0.412 e. The summed E-state index contributed by atoms with van der Waals surface area (Å²) in [4.78, 5) is 64.9. The fraction of sp³-hybridized carbons (Fsp3) is 0.421. The van der Waals surface area contributed by atoms with Crippen molar-refractivity contribution < 1.29 is 28.7 Å². The van der Waals surface area contributed by atoms with Gasteiger partial charge >= 0.3 is 24.1 Å². The molecule has 0 saturated carbocycles. The monoisotopic (exact) mass is 714 g/mol. The van der Waals surface area contributed by atoms with E-state index in [0.717, 1.165) is 33.6 Å². The van der Waals surface area contributed by atoms with Crippen LogP contribution in [0.25, 0.3) is 33.6 Å². The Kier molecular flexibility index (Phi) is 13.1. The molecule has 4 rings (SSSR count). The second kappa shape index (κ2) is 17.2. The van der Waals surface area contributed by atoms with Crippen LogP contribution >= 0.6 is 0 Å². The van der Waals surface area contributed by atoms with E-state index in [1.807, 2.05) is 104 Å². The van der Waals surface area contributed by atoms with Gasteiger partial charge in [0.1, 0.15) is 23.7 Å². The number of hydrogen-bond donors (Lipinski definition) is 6. The number of amides is 2. The number of hydrogen-bond acceptors (Lipinski definition) is 10. The fourth-order valence-electron chi connectivity index (χ4n) is 6.13. The van der Waals surface area contributed by atoms with Crippen LogP contribution in [0.2, 0.25) is 0 Å². The van der Waals surface area contributed by atoms with E-state index in [0.29, 0.717) is 11.6 Å². The van der Waals surface area contributed by atoms with Crippen molar-refractivity contribution in [2.24, 2.45) is 35.1 Å². The molecule has 4 atom stereocenters. The average molecular weight is 715 g/mol. The fourth-order valence-corrected chi connectivity index (χ4v) is 6.13. The second-order valence-corrected chi connectivity index (χ2v) is 14.2. The molecule has 2 heterocycles. The van der Waals surface area contributed by atoms with E-state index in [9.17, 15) is 19.2 Å². The van der Waals surface area contributed by atoms with Crippen molar-refractivity contribution in [2.75, 3.05) is 0 Å². The van der Waals surface area contributed by atoms with Crippen LogP contribution in [0.15, 0.2) is 60.9 Å². The lowest BCUT2D eigenvalue weighted by Gasteiger charge is -2.28. The molecule has 0 aliphatic heterocycles. The Morgan fingerprint density at radius 3 is 1.48 bits per heavy atom. The predicted octanol–water partition coefficient (Wildman–Crippen LogP) is 6.00. The summed E-state index contributed by atoms with van der Waals surface area (Å²) in [6.07, 6.45) is 1.19. The molecule has 0 radical (unpaired) electrons. The smallest absolute Gasteiger partial charge is 0.375 e. The van der Waals surface area contributed by atoms with Crippen molar-refractivity contribution >= 4 is 24.1 Å². The molecule has 0 unspecified atom stereocenters. The van der Waals surface area contributed by atoms with Crippen molar-refractivity contribution in [3.63, 3.8) is 0 Å². The van der Waals surface area contributed by atoms with Gasteiger partial charge in [-0.3, -0.25) is 10.6 Å². The third-order valence-electron chi connectivity index (χ3n) is 8.78. The first-order chi connectivity index (χ1) is 24.6. The van der Waals surface area contributed by atoms with E-state index < -0.39 is 48.3 Å². The zero-order valence-electron chi connectivity index (χ0n) is 30.9. The highest BCUT2D eigenvalue weighted by Crippen LogP contribution is 2.40. The highest BCUT2D eigenvalue weighted by atomic mass is 16.6. The number of nitrogens with two attached hydrogens (primary N) is 2. The summed E-state index contributed by atoms with van der Waals surface area (Å²) in [5, 5.41) is 6.67. The topological polar surface area (TPSA) is 220 Å². The van der Waals surface area contributed by atoms with Crippen molar-refractivity contribution in [3.8, 4) is 33.6 Å². The number of carbonyl (C=O) groups is 4. The Bertz CT molecular complexity index is 1850. The number of ether oxygens (including phenoxy) is 2. The standard InChI is InChI=1S/C38H50N8O6/c1-19(2)29(45-31(21(5)6)35(47)51-37(39)49)33-41-17-26(43-33)25-16-12-15-24(23-13-10-9-11-14-23)28(25)27-18-42-34(44-27)30(20(3)4)46-32(22(7)8)36(48)52-38(40)50/h9-22,29-32,45-46H,1-8H3,(H2,39,49)(H2,40,50)(H,41,43)(H,42,44)/t29-,30-,31-,32-/m0/s1. The minimum absolute atomic E-state index is 0.0118. The molecule has 14 heteroatoms. The van der Waals surface area contributed by atoms with Crippen LogP contribution in [-0.4, -0.2) is 56.1 Å². The number of carbonyl (C=O) groups excluding carboxylic acids is 4. The second-order valence-electron chi connectivity index (χ2n) is 14.2. The van der Waals surface area contributed by atoms with Crippen molar-refractivity contribution in [1.29, 1.82) is 0 Å². The number of esters is 2. The summed E-state index contributed by atoms with van der Waals surface area (Å²) in [5.74, 6) is -0.782. The van der Waals surface area contributed by atoms with Gasteiger partial charge in [-0.25, -0.2) is 29.1 Å². The van der Waals surface area contributed by atoms with Crippen molar-refractivity contribution in [3.05, 3.63) is 72.6 Å². The number of aromatic amines is 2. The Morgan fingerprint density at radius 2 is 1.04 bits per heavy atom. The zero-order chi connectivity index (χ0) is 38.3. The van der Waals surface area contributed by atoms with Crippen LogP contribution in [0.1, 0.15) is 79.1 Å². The molecule has 0 spiro atoms. The molecule has 0 aliphatic rings. The van der Waals surface area contributed by atoms with Crippen LogP contribution in [0.5, 0.6) is 0 Å². The van der Waals surface area contributed by atoms with E-state index in [2.05, 4.69) is 20.6 Å². The van der Waals surface area contributed by atoms with E-state index in [1.165, 1.54) is 0 Å². The highest BCUT2D eigenvalue weighted by Gasteiger charge is 2.33. The normalized spacial score (nSPS) is 14.0. The summed E-state index contributed by atoms with van der Waals surface area (Å²) in [6.45, 7) is 15.4. The Morgan fingerprint density at radius 1 is 0.596 bits per heavy atom. The minimum atomic E-state index is -1.16. The lowest BCUT2D eigenvalue weighted by molar-refractivity contribution is -0.142. The van der Waals surface area contributed by atoms with E-state index in [-0.39, 0.29) is 23.7 Å². The molecule has 14 nitrogen and oxygen atoms in total. The van der Waals surface area contributed by atoms with E-state index in [4.69, 9.17) is 30.9 Å². The summed E-state index contributed by atoms with van der Waals surface area (Å²) in [6, 6.07) is 13.5. The molecule has 4 aromatic rings. The number of imidazole rings is 2. The number of nitrogens with one attached hydrogen (secondary N) is 4. The number of benzene rings is 2. The average Bonchev–Trinajstić information content (AvgIpc) is 3.75. The van der Waals surface area contributed by atoms with E-state index >= 15 is 0 Å². The quantitative estimate of drug-likeness (QED) is 0.0623. The molecule has 52 heavy (non-hydrogen) atoms. The first kappa shape index (κ1) is 39.4. The lowest BCUT2D eigenvalue weighted by Crippen LogP contribution is -2.46. The maximum atomic E-state index is 12.8. The predicted molar refractivity (Wildman–Crippen MR) is 197 cm³/mol. The summed E-state index contributed by atoms with van der Waals surface area (Å²) < 4.78 is 9.47. The van der Waals surface area contributed by atoms with Gasteiger partial charge in [-0.2, -0.15) is 0 Å². The van der Waals surface area contributed by atoms with Gasteiger partial charge in [0.25, 0.3) is 0 Å². The Hall–Kier alpha value is -5.34. The first-order valence-electron chi connectivity index (χ1n) is 17.4. The molecule has 0 fully saturated rings. The van der Waals surface area contributed by atoms with Crippen LogP contribution in [0.3, 0.4) is 0 Å². The van der Waals surface area contributed by atoms with E-state index in [1.54, 1.807) is 12.4 Å². The minimum Gasteiger partial charge on any atom is -0.375 e. The van der Waals surface area contributed by atoms with Crippen LogP contribution in [0.4, 0.5) is 9.59 Å². The molecular weight excluding hydrogens is 664 g/mol. The number of nitrogens with zero attached hydrogens (tertiary/aromatic N) is 2. The maximum absolute atomic E-state index is 12.8. The van der Waals surface area contributed by atoms with Gasteiger partial charge in [0, 0.05) is 11.1 Å². The highest BCUT2D eigenvalue weighted by molar-refractivity contribution is 5.92. The Labute approximate surface area is 303 Å². The van der Waals surface area contributed by atoms with Gasteiger partial charge in [0.05, 0.1) is 35.9 Å². The van der Waals surface area contributed by atoms with Crippen LogP contribution in [0, 0.1) is 23.7 Å². The van der Waals surface area contributed by atoms with Gasteiger partial charge in [0.2, 0.25) is 0 Å². The third-order valence-corrected chi connectivity index (χ3v) is 8.78. The summed E-state index contributed by atoms with van der Waals surface area (Å²) >= 11 is 0. The number of primary amides is 2. The van der Waals surface area contributed by atoms with Gasteiger partial charge in [-0.15, -0.1) is 0 Å². The molecule has 0 bridgehead atoms. The zero-order valence-corrected chi connectivity index (χ0v) is 30.9. The summed E-state index contributed by atoms with van der Waals surface area (Å²) in [5.41, 5.74) is 15.4. The molecule has 2 amide bonds. The molecular formula is C38H50N8O6. The van der Waals surface area contributed by atoms with Crippen molar-refractivity contribution in [1.82, 2.24) is 30.6 Å². The Balaban J connectivity index is 1.80. The van der Waals surface area contributed by atoms with Gasteiger partial charge in [0.15, 0.2) is 0 Å². The molecule has 2 aromatic heterocycles. The van der Waals surface area contributed by atoms with Crippen LogP contribution in [-0.2, 0) is 19.1 Å². The molecule has 8 N–H and O–H groups in total. The molecule has 0 saturated heterocycles. The molecule has 0 aliphatic carbocycles. The summed E-state index contributed by atoms with van der Waals surface area (Å²) in [7, 11) is 0. The number of aromatic nitrogens is 4. The SMILES string of the molecule is CC(C)[C@H](N[C@H](c1ncc(-c2cccc(-c3ccccc3)c2-c2cnc([C@@H](N[C@H](C(=O)OC(N)=O)C(C)C)C(C)C)[nH]2)[nH]1)C(C)C)C(=O)OC(N)=O. The first-order valence-corrected chi connectivity index (χ1v) is 17.4. The lowest BCUT2D eigenvalue weighted by atomic mass is 9.92. The van der Waals surface area contributed by atoms with Gasteiger partial charge < -0.3 is 30.9 Å². The van der Waals surface area contributed by atoms with Gasteiger partial charge in [-0.05, 0) is 34.8 Å². The third kappa shape index (κ3) is 9.50. The van der Waals surface area contributed by atoms with Gasteiger partial charge in [-0.1, -0.05) is 104 Å². The van der Waals surface area contributed by atoms with Crippen LogP contribution < -0.4 is 22.1 Å². The molecule has 278 valence electrons. The number of H-pyrrole nitrogens is 2. The number of rotatable bonds is 15.